The first-order chi connectivity index (χ1) is 10.2. The second kappa shape index (κ2) is 6.37. The van der Waals surface area contributed by atoms with Gasteiger partial charge >= 0.3 is 5.97 Å². The van der Waals surface area contributed by atoms with Crippen LogP contribution in [0.4, 0.5) is 0 Å². The summed E-state index contributed by atoms with van der Waals surface area (Å²) in [5, 5.41) is 11.4. The first-order valence-corrected chi connectivity index (χ1v) is 8.05. The van der Waals surface area contributed by atoms with Crippen LogP contribution in [0.25, 0.3) is 0 Å². The molecule has 0 amide bonds. The Balaban J connectivity index is 1.55. The molecule has 1 aliphatic rings. The quantitative estimate of drug-likeness (QED) is 0.942. The van der Waals surface area contributed by atoms with Crippen molar-refractivity contribution >= 4 is 17.3 Å². The lowest BCUT2D eigenvalue weighted by molar-refractivity contribution is 0.0691. The number of rotatable bonds is 4. The number of nitrogens with zero attached hydrogens (tertiary/aromatic N) is 2. The summed E-state index contributed by atoms with van der Waals surface area (Å²) in [6.07, 6.45) is 2.31. The molecule has 1 N–H and O–H groups in total. The minimum absolute atomic E-state index is 0.161. The maximum absolute atomic E-state index is 10.8. The van der Waals surface area contributed by atoms with Gasteiger partial charge in [0.25, 0.3) is 0 Å². The molecule has 1 aromatic heterocycles. The molecule has 2 aromatic rings. The van der Waals surface area contributed by atoms with Crippen molar-refractivity contribution in [2.75, 3.05) is 13.1 Å². The minimum Gasteiger partial charge on any atom is -0.476 e. The third-order valence-electron chi connectivity index (χ3n) is 3.99. The summed E-state index contributed by atoms with van der Waals surface area (Å²) in [5.74, 6) is -0.298. The standard InChI is InChI=1S/C16H18N2O2S/c19-16(20)14-11-21-15(17-14)10-18-8-6-13(7-9-18)12-4-2-1-3-5-12/h1-5,11,13H,6-10H2,(H,19,20). The van der Waals surface area contributed by atoms with Crippen molar-refractivity contribution in [3.63, 3.8) is 0 Å². The normalized spacial score (nSPS) is 17.0. The Bertz CT molecular complexity index is 604. The van der Waals surface area contributed by atoms with E-state index < -0.39 is 5.97 Å². The van der Waals surface area contributed by atoms with E-state index in [4.69, 9.17) is 5.11 Å². The van der Waals surface area contributed by atoms with Crippen LogP contribution in [0.3, 0.4) is 0 Å². The molecule has 0 spiro atoms. The van der Waals surface area contributed by atoms with Crippen LogP contribution in [0.5, 0.6) is 0 Å². The van der Waals surface area contributed by atoms with Gasteiger partial charge in [-0.2, -0.15) is 0 Å². The number of benzene rings is 1. The predicted octanol–water partition coefficient (Wildman–Crippen LogP) is 3.22. The molecular weight excluding hydrogens is 284 g/mol. The molecule has 3 rings (SSSR count). The predicted molar refractivity (Wildman–Crippen MR) is 82.8 cm³/mol. The summed E-state index contributed by atoms with van der Waals surface area (Å²) in [5.41, 5.74) is 1.59. The van der Waals surface area contributed by atoms with Crippen molar-refractivity contribution in [1.82, 2.24) is 9.88 Å². The van der Waals surface area contributed by atoms with Crippen LogP contribution >= 0.6 is 11.3 Å². The van der Waals surface area contributed by atoms with E-state index in [0.29, 0.717) is 5.92 Å². The maximum Gasteiger partial charge on any atom is 0.355 e. The number of aromatic carboxylic acids is 1. The Kier molecular flexibility index (Phi) is 4.31. The van der Waals surface area contributed by atoms with Gasteiger partial charge in [-0.15, -0.1) is 11.3 Å². The highest BCUT2D eigenvalue weighted by Gasteiger charge is 2.21. The number of carboxylic acids is 1. The van der Waals surface area contributed by atoms with Crippen molar-refractivity contribution in [3.05, 3.63) is 52.0 Å². The van der Waals surface area contributed by atoms with E-state index in [1.54, 1.807) is 5.38 Å². The first-order valence-electron chi connectivity index (χ1n) is 7.17. The fourth-order valence-corrected chi connectivity index (χ4v) is 3.63. The van der Waals surface area contributed by atoms with Gasteiger partial charge in [-0.25, -0.2) is 9.78 Å². The summed E-state index contributed by atoms with van der Waals surface area (Å²) in [6, 6.07) is 10.7. The van der Waals surface area contributed by atoms with Crippen molar-refractivity contribution in [2.45, 2.75) is 25.3 Å². The topological polar surface area (TPSA) is 53.4 Å². The molecule has 0 aliphatic carbocycles. The van der Waals surface area contributed by atoms with Crippen LogP contribution in [0.15, 0.2) is 35.7 Å². The van der Waals surface area contributed by atoms with E-state index in [9.17, 15) is 4.79 Å². The van der Waals surface area contributed by atoms with Gasteiger partial charge in [-0.1, -0.05) is 30.3 Å². The van der Waals surface area contributed by atoms with Crippen LogP contribution in [0.1, 0.15) is 39.8 Å². The molecule has 4 nitrogen and oxygen atoms in total. The maximum atomic E-state index is 10.8. The molecule has 5 heteroatoms. The summed E-state index contributed by atoms with van der Waals surface area (Å²) in [7, 11) is 0. The molecule has 1 saturated heterocycles. The number of carbonyl (C=O) groups is 1. The van der Waals surface area contributed by atoms with E-state index in [0.717, 1.165) is 37.5 Å². The third-order valence-corrected chi connectivity index (χ3v) is 4.82. The lowest BCUT2D eigenvalue weighted by atomic mass is 9.89. The fraction of sp³-hybridized carbons (Fsp3) is 0.375. The van der Waals surface area contributed by atoms with Gasteiger partial charge < -0.3 is 5.11 Å². The number of hydrogen-bond acceptors (Lipinski definition) is 4. The van der Waals surface area contributed by atoms with E-state index in [2.05, 4.69) is 40.2 Å². The monoisotopic (exact) mass is 302 g/mol. The molecule has 110 valence electrons. The molecule has 0 unspecified atom stereocenters. The van der Waals surface area contributed by atoms with Gasteiger partial charge in [0.05, 0.1) is 6.54 Å². The smallest absolute Gasteiger partial charge is 0.355 e. The largest absolute Gasteiger partial charge is 0.476 e. The molecule has 0 atom stereocenters. The number of aromatic nitrogens is 1. The van der Waals surface area contributed by atoms with E-state index >= 15 is 0 Å². The summed E-state index contributed by atoms with van der Waals surface area (Å²) >= 11 is 1.44. The summed E-state index contributed by atoms with van der Waals surface area (Å²) in [6.45, 7) is 2.85. The van der Waals surface area contributed by atoms with Crippen molar-refractivity contribution in [1.29, 1.82) is 0 Å². The number of hydrogen-bond donors (Lipinski definition) is 1. The number of thiazole rings is 1. The Hall–Kier alpha value is -1.72. The Morgan fingerprint density at radius 3 is 2.62 bits per heavy atom. The van der Waals surface area contributed by atoms with Crippen LogP contribution in [-0.2, 0) is 6.54 Å². The lowest BCUT2D eigenvalue weighted by Crippen LogP contribution is -2.32. The fourth-order valence-electron chi connectivity index (χ4n) is 2.82. The number of carboxylic acid groups (broad SMARTS) is 1. The van der Waals surface area contributed by atoms with E-state index in [1.807, 2.05) is 0 Å². The summed E-state index contributed by atoms with van der Waals surface area (Å²) < 4.78 is 0. The van der Waals surface area contributed by atoms with Crippen molar-refractivity contribution in [2.24, 2.45) is 0 Å². The zero-order valence-electron chi connectivity index (χ0n) is 11.7. The van der Waals surface area contributed by atoms with Gasteiger partial charge in [0.1, 0.15) is 5.01 Å². The number of piperidine rings is 1. The highest BCUT2D eigenvalue weighted by Crippen LogP contribution is 2.28. The lowest BCUT2D eigenvalue weighted by Gasteiger charge is -2.31. The van der Waals surface area contributed by atoms with Gasteiger partial charge in [0.15, 0.2) is 5.69 Å². The highest BCUT2D eigenvalue weighted by molar-refractivity contribution is 7.09. The average Bonchev–Trinajstić information content (AvgIpc) is 2.98. The minimum atomic E-state index is -0.944. The van der Waals surface area contributed by atoms with Crippen molar-refractivity contribution in [3.8, 4) is 0 Å². The molecule has 1 fully saturated rings. The molecule has 21 heavy (non-hydrogen) atoms. The highest BCUT2D eigenvalue weighted by atomic mass is 32.1. The molecule has 1 aromatic carbocycles. The number of likely N-dealkylation sites (tertiary alicyclic amines) is 1. The van der Waals surface area contributed by atoms with Crippen LogP contribution < -0.4 is 0 Å². The van der Waals surface area contributed by atoms with E-state index in [1.165, 1.54) is 16.9 Å². The van der Waals surface area contributed by atoms with Gasteiger partial charge in [0.2, 0.25) is 0 Å². The molecule has 2 heterocycles. The Morgan fingerprint density at radius 1 is 1.29 bits per heavy atom. The van der Waals surface area contributed by atoms with Crippen LogP contribution in [0.2, 0.25) is 0 Å². The molecule has 1 aliphatic heterocycles. The molecular formula is C16H18N2O2S. The SMILES string of the molecule is O=C(O)c1csc(CN2CCC(c3ccccc3)CC2)n1. The zero-order valence-corrected chi connectivity index (χ0v) is 12.6. The summed E-state index contributed by atoms with van der Waals surface area (Å²) in [4.78, 5) is 17.4. The Morgan fingerprint density at radius 2 is 2.00 bits per heavy atom. The van der Waals surface area contributed by atoms with Gasteiger partial charge in [-0.3, -0.25) is 4.90 Å². The zero-order chi connectivity index (χ0) is 14.7. The van der Waals surface area contributed by atoms with Gasteiger partial charge in [-0.05, 0) is 37.4 Å². The molecule has 0 radical (unpaired) electrons. The molecule has 0 saturated carbocycles. The van der Waals surface area contributed by atoms with Crippen LogP contribution in [0, 0.1) is 0 Å². The molecule has 0 bridgehead atoms. The second-order valence-electron chi connectivity index (χ2n) is 5.39. The third kappa shape index (κ3) is 3.49. The van der Waals surface area contributed by atoms with E-state index in [-0.39, 0.29) is 5.69 Å². The van der Waals surface area contributed by atoms with Gasteiger partial charge in [0, 0.05) is 5.38 Å². The van der Waals surface area contributed by atoms with Crippen LogP contribution in [-0.4, -0.2) is 34.0 Å². The first kappa shape index (κ1) is 14.2. The second-order valence-corrected chi connectivity index (χ2v) is 6.34. The average molecular weight is 302 g/mol. The Labute approximate surface area is 128 Å². The van der Waals surface area contributed by atoms with Crippen molar-refractivity contribution < 1.29 is 9.90 Å².